The van der Waals surface area contributed by atoms with Crippen molar-refractivity contribution in [2.75, 3.05) is 13.7 Å². The highest BCUT2D eigenvalue weighted by molar-refractivity contribution is 7.11. The lowest BCUT2D eigenvalue weighted by Crippen LogP contribution is -2.38. The number of fused-ring (bicyclic) bond motifs is 1. The van der Waals surface area contributed by atoms with E-state index in [9.17, 15) is 18.4 Å². The van der Waals surface area contributed by atoms with Gasteiger partial charge < -0.3 is 14.8 Å². The largest absolute Gasteiger partial charge is 0.469 e. The number of ether oxygens (including phenoxy) is 2. The lowest BCUT2D eigenvalue weighted by Gasteiger charge is -2.33. The molecule has 13 heteroatoms. The minimum absolute atomic E-state index is 0.107. The van der Waals surface area contributed by atoms with E-state index in [1.165, 1.54) is 24.5 Å². The number of aromatic nitrogens is 3. The summed E-state index contributed by atoms with van der Waals surface area (Å²) in [5, 5.41) is 9.89. The van der Waals surface area contributed by atoms with Crippen LogP contribution in [0.1, 0.15) is 47.6 Å². The minimum Gasteiger partial charge on any atom is -0.469 e. The van der Waals surface area contributed by atoms with Crippen LogP contribution in [0, 0.1) is 17.6 Å². The molecule has 5 rings (SSSR count). The molecule has 3 heterocycles. The number of aliphatic imine (C=N–C) groups is 1. The van der Waals surface area contributed by atoms with Gasteiger partial charge in [-0.2, -0.15) is 5.10 Å². The quantitative estimate of drug-likeness (QED) is 0.303. The third-order valence-electron chi connectivity index (χ3n) is 6.87. The monoisotopic (exact) mass is 589 g/mol. The zero-order chi connectivity index (χ0) is 28.4. The van der Waals surface area contributed by atoms with Gasteiger partial charge >= 0.3 is 11.9 Å². The van der Waals surface area contributed by atoms with Crippen LogP contribution in [-0.2, 0) is 38.4 Å². The maximum absolute atomic E-state index is 14.6. The first kappa shape index (κ1) is 27.9. The number of thiazole rings is 1. The van der Waals surface area contributed by atoms with Crippen LogP contribution < -0.4 is 5.32 Å². The zero-order valence-corrected chi connectivity index (χ0v) is 23.3. The Bertz CT molecular complexity index is 1500. The Balaban J connectivity index is 1.57. The van der Waals surface area contributed by atoms with Crippen LogP contribution in [0.5, 0.6) is 0 Å². The SMILES string of the molecule is CCOC(=O)C1=C(C2CCc3cn(CCC(=O)OC)nc3C2)NC(c2nccs2)=NC1c1ccc(F)c(F)c1Cl. The fourth-order valence-corrected chi connectivity index (χ4v) is 5.81. The first-order valence-corrected chi connectivity index (χ1v) is 14.0. The molecule has 2 aromatic heterocycles. The van der Waals surface area contributed by atoms with Crippen LogP contribution in [0.3, 0.4) is 0 Å². The van der Waals surface area contributed by atoms with Crippen LogP contribution >= 0.6 is 22.9 Å². The summed E-state index contributed by atoms with van der Waals surface area (Å²) in [6.45, 7) is 2.18. The van der Waals surface area contributed by atoms with E-state index in [0.717, 1.165) is 17.3 Å². The highest BCUT2D eigenvalue weighted by Gasteiger charge is 2.38. The van der Waals surface area contributed by atoms with Crippen LogP contribution in [-0.4, -0.2) is 46.3 Å². The van der Waals surface area contributed by atoms with Crippen LogP contribution in [0.25, 0.3) is 0 Å². The molecule has 0 bridgehead atoms. The number of rotatable bonds is 8. The van der Waals surface area contributed by atoms with Gasteiger partial charge in [0.2, 0.25) is 0 Å². The lowest BCUT2D eigenvalue weighted by molar-refractivity contribution is -0.141. The van der Waals surface area contributed by atoms with E-state index in [-0.39, 0.29) is 36.1 Å². The zero-order valence-electron chi connectivity index (χ0n) is 21.7. The Morgan fingerprint density at radius 3 is 2.85 bits per heavy atom. The summed E-state index contributed by atoms with van der Waals surface area (Å²) in [7, 11) is 1.34. The van der Waals surface area contributed by atoms with Gasteiger partial charge in [-0.15, -0.1) is 11.3 Å². The molecule has 40 heavy (non-hydrogen) atoms. The van der Waals surface area contributed by atoms with E-state index < -0.39 is 28.7 Å². The number of carbonyl (C=O) groups is 2. The van der Waals surface area contributed by atoms with Gasteiger partial charge in [-0.05, 0) is 31.4 Å². The Labute approximate surface area is 237 Å². The van der Waals surface area contributed by atoms with E-state index in [1.807, 2.05) is 6.20 Å². The lowest BCUT2D eigenvalue weighted by atomic mass is 9.81. The molecule has 3 aromatic rings. The van der Waals surface area contributed by atoms with Crippen LogP contribution in [0.4, 0.5) is 8.78 Å². The number of allylic oxidation sites excluding steroid dienone is 1. The molecule has 0 spiro atoms. The number of methoxy groups -OCH3 is 1. The molecule has 0 amide bonds. The van der Waals surface area contributed by atoms with Crippen molar-refractivity contribution in [3.05, 3.63) is 79.7 Å². The normalized spacial score (nSPS) is 18.6. The molecule has 1 aromatic carbocycles. The first-order valence-electron chi connectivity index (χ1n) is 12.7. The number of esters is 2. The molecular formula is C27H26ClF2N5O4S. The average molecular weight is 590 g/mol. The number of benzene rings is 1. The second-order valence-electron chi connectivity index (χ2n) is 9.28. The van der Waals surface area contributed by atoms with Crippen molar-refractivity contribution in [3.63, 3.8) is 0 Å². The maximum Gasteiger partial charge on any atom is 0.338 e. The van der Waals surface area contributed by atoms with Gasteiger partial charge in [-0.1, -0.05) is 17.7 Å². The maximum atomic E-state index is 14.6. The second kappa shape index (κ2) is 11.8. The summed E-state index contributed by atoms with van der Waals surface area (Å²) in [5.74, 6) is -3.08. The van der Waals surface area contributed by atoms with Crippen molar-refractivity contribution >= 4 is 40.7 Å². The summed E-state index contributed by atoms with van der Waals surface area (Å²) in [6.07, 6.45) is 5.60. The molecule has 0 saturated heterocycles. The highest BCUT2D eigenvalue weighted by atomic mass is 35.5. The van der Waals surface area contributed by atoms with E-state index in [2.05, 4.69) is 15.4 Å². The predicted molar refractivity (Wildman–Crippen MR) is 144 cm³/mol. The van der Waals surface area contributed by atoms with Gasteiger partial charge in [0, 0.05) is 41.4 Å². The number of aryl methyl sites for hydroxylation is 2. The number of hydrogen-bond donors (Lipinski definition) is 1. The van der Waals surface area contributed by atoms with Gasteiger partial charge in [-0.3, -0.25) is 14.5 Å². The summed E-state index contributed by atoms with van der Waals surface area (Å²) in [5.41, 5.74) is 2.77. The molecule has 210 valence electrons. The molecule has 1 N–H and O–H groups in total. The standard InChI is InChI=1S/C27H26ClF2N5O4S/c1-3-39-27(37)20-23(14-4-5-15-13-35(34-18(15)12-14)10-8-19(36)38-2)32-25(26-31-9-11-40-26)33-24(20)16-6-7-17(29)22(30)21(16)28/h6-7,9,11,13-14,24H,3-5,8,10,12H2,1-2H3,(H,32,33). The third-order valence-corrected chi connectivity index (χ3v) is 8.04. The van der Waals surface area contributed by atoms with Crippen LogP contribution in [0.15, 0.2) is 46.2 Å². The smallest absolute Gasteiger partial charge is 0.338 e. The van der Waals surface area contributed by atoms with Gasteiger partial charge in [0.1, 0.15) is 6.04 Å². The van der Waals surface area contributed by atoms with Crippen molar-refractivity contribution in [3.8, 4) is 0 Å². The fourth-order valence-electron chi connectivity index (χ4n) is 4.96. The Hall–Kier alpha value is -3.64. The molecular weight excluding hydrogens is 564 g/mol. The van der Waals surface area contributed by atoms with Gasteiger partial charge in [0.15, 0.2) is 22.5 Å². The van der Waals surface area contributed by atoms with Crippen molar-refractivity contribution in [2.45, 2.75) is 45.2 Å². The number of halogens is 3. The van der Waals surface area contributed by atoms with Crippen molar-refractivity contribution in [1.82, 2.24) is 20.1 Å². The molecule has 9 nitrogen and oxygen atoms in total. The Morgan fingerprint density at radius 2 is 2.12 bits per heavy atom. The Morgan fingerprint density at radius 1 is 1.30 bits per heavy atom. The molecule has 2 aliphatic rings. The molecule has 0 saturated carbocycles. The molecule has 1 aliphatic heterocycles. The van der Waals surface area contributed by atoms with Crippen molar-refractivity contribution in [2.24, 2.45) is 10.9 Å². The van der Waals surface area contributed by atoms with E-state index in [4.69, 9.17) is 26.1 Å². The van der Waals surface area contributed by atoms with E-state index >= 15 is 0 Å². The second-order valence-corrected chi connectivity index (χ2v) is 10.6. The summed E-state index contributed by atoms with van der Waals surface area (Å²) >= 11 is 7.62. The third kappa shape index (κ3) is 5.50. The molecule has 0 radical (unpaired) electrons. The average Bonchev–Trinajstić information content (AvgIpc) is 3.64. The number of nitrogens with one attached hydrogen (secondary N) is 1. The molecule has 1 aliphatic carbocycles. The highest BCUT2D eigenvalue weighted by Crippen LogP contribution is 2.41. The fraction of sp³-hybridized carbons (Fsp3) is 0.370. The predicted octanol–water partition coefficient (Wildman–Crippen LogP) is 4.55. The molecule has 2 unspecified atom stereocenters. The molecule has 2 atom stereocenters. The van der Waals surface area contributed by atoms with Gasteiger partial charge in [0.25, 0.3) is 0 Å². The van der Waals surface area contributed by atoms with Crippen molar-refractivity contribution in [1.29, 1.82) is 0 Å². The topological polar surface area (TPSA) is 108 Å². The number of hydrogen-bond acceptors (Lipinski definition) is 9. The molecule has 0 fully saturated rings. The number of nitrogens with zero attached hydrogens (tertiary/aromatic N) is 4. The van der Waals surface area contributed by atoms with E-state index in [0.29, 0.717) is 42.3 Å². The van der Waals surface area contributed by atoms with Gasteiger partial charge in [0.05, 0.1) is 43.0 Å². The minimum atomic E-state index is -1.21. The summed E-state index contributed by atoms with van der Waals surface area (Å²) < 4.78 is 40.4. The summed E-state index contributed by atoms with van der Waals surface area (Å²) in [6, 6.07) is 1.24. The van der Waals surface area contributed by atoms with E-state index in [1.54, 1.807) is 23.2 Å². The van der Waals surface area contributed by atoms with Gasteiger partial charge in [-0.25, -0.2) is 18.6 Å². The van der Waals surface area contributed by atoms with Crippen molar-refractivity contribution < 1.29 is 27.8 Å². The van der Waals surface area contributed by atoms with Crippen LogP contribution in [0.2, 0.25) is 5.02 Å². The number of amidine groups is 1. The summed E-state index contributed by atoms with van der Waals surface area (Å²) in [4.78, 5) is 34.1. The first-order chi connectivity index (χ1) is 19.3. The number of carbonyl (C=O) groups excluding carboxylic acids is 2. The Kier molecular flexibility index (Phi) is 8.27.